The Hall–Kier alpha value is -1.57. The van der Waals surface area contributed by atoms with Gasteiger partial charge in [0.25, 0.3) is 0 Å². The molecule has 0 aromatic carbocycles. The number of carbonyl (C=O) groups is 2. The van der Waals surface area contributed by atoms with Crippen LogP contribution in [0.25, 0.3) is 0 Å². The van der Waals surface area contributed by atoms with Crippen molar-refractivity contribution in [3.63, 3.8) is 0 Å². The standard InChI is InChI=1S/C18H27N3O2/c19-14-18(9-3-1-4-10-18)17(23)20-11-6-7-15(13-20)21-12-5-2-8-16(21)22/h15H,1-13H2. The third kappa shape index (κ3) is 3.22. The molecule has 1 aliphatic carbocycles. The summed E-state index contributed by atoms with van der Waals surface area (Å²) in [5, 5.41) is 9.64. The molecule has 0 N–H and O–H groups in total. The van der Waals surface area contributed by atoms with Crippen molar-refractivity contribution < 1.29 is 9.59 Å². The lowest BCUT2D eigenvalue weighted by Crippen LogP contribution is -2.55. The number of nitriles is 1. The Morgan fingerprint density at radius 3 is 2.57 bits per heavy atom. The van der Waals surface area contributed by atoms with Gasteiger partial charge in [0.15, 0.2) is 0 Å². The summed E-state index contributed by atoms with van der Waals surface area (Å²) >= 11 is 0. The highest BCUT2D eigenvalue weighted by atomic mass is 16.2. The van der Waals surface area contributed by atoms with Gasteiger partial charge in [-0.15, -0.1) is 0 Å². The van der Waals surface area contributed by atoms with Crippen molar-refractivity contribution in [2.45, 2.75) is 70.3 Å². The van der Waals surface area contributed by atoms with E-state index in [2.05, 4.69) is 6.07 Å². The molecule has 1 atom stereocenters. The fourth-order valence-corrected chi connectivity index (χ4v) is 4.44. The van der Waals surface area contributed by atoms with Crippen LogP contribution in [0.1, 0.15) is 64.2 Å². The van der Waals surface area contributed by atoms with Crippen LogP contribution in [0.15, 0.2) is 0 Å². The molecule has 3 rings (SSSR count). The van der Waals surface area contributed by atoms with Crippen molar-refractivity contribution >= 4 is 11.8 Å². The molecule has 0 aromatic heterocycles. The van der Waals surface area contributed by atoms with Gasteiger partial charge in [0.2, 0.25) is 11.8 Å². The molecule has 2 amide bonds. The molecule has 23 heavy (non-hydrogen) atoms. The minimum atomic E-state index is -0.800. The van der Waals surface area contributed by atoms with E-state index in [1.165, 1.54) is 0 Å². The first-order chi connectivity index (χ1) is 11.2. The molecular weight excluding hydrogens is 290 g/mol. The zero-order chi connectivity index (χ0) is 16.3. The van der Waals surface area contributed by atoms with Crippen molar-refractivity contribution in [2.24, 2.45) is 5.41 Å². The van der Waals surface area contributed by atoms with Crippen molar-refractivity contribution in [3.05, 3.63) is 0 Å². The number of hydrogen-bond donors (Lipinski definition) is 0. The Labute approximate surface area is 138 Å². The second-order valence-electron chi connectivity index (χ2n) is 7.35. The average molecular weight is 317 g/mol. The second-order valence-corrected chi connectivity index (χ2v) is 7.35. The first-order valence-electron chi connectivity index (χ1n) is 9.16. The van der Waals surface area contributed by atoms with Gasteiger partial charge in [0.1, 0.15) is 5.41 Å². The van der Waals surface area contributed by atoms with Crippen molar-refractivity contribution in [3.8, 4) is 6.07 Å². The summed E-state index contributed by atoms with van der Waals surface area (Å²) in [6.45, 7) is 2.18. The highest BCUT2D eigenvalue weighted by molar-refractivity contribution is 5.86. The normalized spacial score (nSPS) is 28.3. The molecule has 2 heterocycles. The van der Waals surface area contributed by atoms with Crippen LogP contribution in [-0.4, -0.2) is 47.3 Å². The van der Waals surface area contributed by atoms with Gasteiger partial charge >= 0.3 is 0 Å². The van der Waals surface area contributed by atoms with Gasteiger partial charge in [-0.25, -0.2) is 0 Å². The molecule has 2 aliphatic heterocycles. The molecule has 2 saturated heterocycles. The first-order valence-corrected chi connectivity index (χ1v) is 9.16. The van der Waals surface area contributed by atoms with Crippen molar-refractivity contribution in [1.29, 1.82) is 5.26 Å². The highest BCUT2D eigenvalue weighted by Gasteiger charge is 2.44. The van der Waals surface area contributed by atoms with Crippen LogP contribution >= 0.6 is 0 Å². The minimum absolute atomic E-state index is 0.0221. The SMILES string of the molecule is N#CC1(C(=O)N2CCCC(N3CCCCC3=O)C2)CCCCC1. The van der Waals surface area contributed by atoms with Crippen LogP contribution < -0.4 is 0 Å². The lowest BCUT2D eigenvalue weighted by atomic mass is 9.74. The molecule has 5 nitrogen and oxygen atoms in total. The van der Waals surface area contributed by atoms with E-state index in [4.69, 9.17) is 0 Å². The maximum Gasteiger partial charge on any atom is 0.243 e. The van der Waals surface area contributed by atoms with E-state index in [9.17, 15) is 14.9 Å². The average Bonchev–Trinajstić information content (AvgIpc) is 2.62. The smallest absolute Gasteiger partial charge is 0.243 e. The van der Waals surface area contributed by atoms with Crippen LogP contribution in [0.3, 0.4) is 0 Å². The zero-order valence-corrected chi connectivity index (χ0v) is 13.9. The monoisotopic (exact) mass is 317 g/mol. The van der Waals surface area contributed by atoms with E-state index < -0.39 is 5.41 Å². The Morgan fingerprint density at radius 1 is 1.09 bits per heavy atom. The quantitative estimate of drug-likeness (QED) is 0.786. The molecule has 3 fully saturated rings. The summed E-state index contributed by atoms with van der Waals surface area (Å²) in [4.78, 5) is 29.0. The predicted octanol–water partition coefficient (Wildman–Crippen LogP) is 2.46. The lowest BCUT2D eigenvalue weighted by Gasteiger charge is -2.43. The van der Waals surface area contributed by atoms with Gasteiger partial charge in [-0.1, -0.05) is 19.3 Å². The van der Waals surface area contributed by atoms with Crippen molar-refractivity contribution in [2.75, 3.05) is 19.6 Å². The maximum absolute atomic E-state index is 13.0. The molecule has 1 unspecified atom stereocenters. The molecule has 1 saturated carbocycles. The molecule has 0 bridgehead atoms. The lowest BCUT2D eigenvalue weighted by molar-refractivity contribution is -0.146. The van der Waals surface area contributed by atoms with E-state index in [-0.39, 0.29) is 17.9 Å². The third-order valence-electron chi connectivity index (χ3n) is 5.82. The summed E-state index contributed by atoms with van der Waals surface area (Å²) in [5.41, 5.74) is -0.800. The van der Waals surface area contributed by atoms with Gasteiger partial charge < -0.3 is 9.80 Å². The molecule has 0 radical (unpaired) electrons. The van der Waals surface area contributed by atoms with Crippen LogP contribution in [0, 0.1) is 16.7 Å². The number of piperidine rings is 2. The van der Waals surface area contributed by atoms with Crippen LogP contribution in [0.5, 0.6) is 0 Å². The molecule has 0 aromatic rings. The minimum Gasteiger partial charge on any atom is -0.339 e. The summed E-state index contributed by atoms with van der Waals surface area (Å²) in [5.74, 6) is 0.261. The molecule has 3 aliphatic rings. The summed E-state index contributed by atoms with van der Waals surface area (Å²) in [6.07, 6.45) is 9.09. The van der Waals surface area contributed by atoms with Crippen LogP contribution in [0.2, 0.25) is 0 Å². The highest BCUT2D eigenvalue weighted by Crippen LogP contribution is 2.38. The Bertz CT molecular complexity index is 505. The summed E-state index contributed by atoms with van der Waals surface area (Å²) < 4.78 is 0. The molecule has 0 spiro atoms. The maximum atomic E-state index is 13.0. The van der Waals surface area contributed by atoms with E-state index in [0.29, 0.717) is 25.8 Å². The molecular formula is C18H27N3O2. The number of nitrogens with zero attached hydrogens (tertiary/aromatic N) is 3. The van der Waals surface area contributed by atoms with Gasteiger partial charge in [0.05, 0.1) is 6.07 Å². The summed E-state index contributed by atoms with van der Waals surface area (Å²) in [6, 6.07) is 2.50. The Kier molecular flexibility index (Phi) is 4.89. The third-order valence-corrected chi connectivity index (χ3v) is 5.82. The van der Waals surface area contributed by atoms with Crippen LogP contribution in [0.4, 0.5) is 0 Å². The van der Waals surface area contributed by atoms with E-state index >= 15 is 0 Å². The van der Waals surface area contributed by atoms with E-state index in [0.717, 1.165) is 58.0 Å². The largest absolute Gasteiger partial charge is 0.339 e. The molecule has 5 heteroatoms. The topological polar surface area (TPSA) is 64.4 Å². The predicted molar refractivity (Wildman–Crippen MR) is 86.3 cm³/mol. The fraction of sp³-hybridized carbons (Fsp3) is 0.833. The number of rotatable bonds is 2. The number of carbonyl (C=O) groups excluding carboxylic acids is 2. The Morgan fingerprint density at radius 2 is 1.87 bits per heavy atom. The van der Waals surface area contributed by atoms with Gasteiger partial charge in [-0.2, -0.15) is 5.26 Å². The first kappa shape index (κ1) is 16.3. The van der Waals surface area contributed by atoms with E-state index in [1.807, 2.05) is 9.80 Å². The van der Waals surface area contributed by atoms with Crippen LogP contribution in [-0.2, 0) is 9.59 Å². The van der Waals surface area contributed by atoms with Gasteiger partial charge in [-0.05, 0) is 38.5 Å². The van der Waals surface area contributed by atoms with Gasteiger partial charge in [0, 0.05) is 32.1 Å². The Balaban J connectivity index is 1.69. The zero-order valence-electron chi connectivity index (χ0n) is 13.9. The van der Waals surface area contributed by atoms with E-state index in [1.54, 1.807) is 0 Å². The van der Waals surface area contributed by atoms with Gasteiger partial charge in [-0.3, -0.25) is 9.59 Å². The van der Waals surface area contributed by atoms with Crippen molar-refractivity contribution in [1.82, 2.24) is 9.80 Å². The second kappa shape index (κ2) is 6.90. The summed E-state index contributed by atoms with van der Waals surface area (Å²) in [7, 11) is 0. The number of likely N-dealkylation sites (tertiary alicyclic amines) is 2. The number of amides is 2. The number of hydrogen-bond acceptors (Lipinski definition) is 3. The molecule has 126 valence electrons. The fourth-order valence-electron chi connectivity index (χ4n) is 4.44.